The quantitative estimate of drug-likeness (QED) is 0.907. The first-order valence-corrected chi connectivity index (χ1v) is 5.93. The highest BCUT2D eigenvalue weighted by Gasteiger charge is 2.17. The molecule has 0 radical (unpaired) electrons. The lowest BCUT2D eigenvalue weighted by Gasteiger charge is -2.16. The molecule has 0 saturated carbocycles. The summed E-state index contributed by atoms with van der Waals surface area (Å²) < 4.78 is 1.80. The van der Waals surface area contributed by atoms with Gasteiger partial charge in [-0.25, -0.2) is 0 Å². The highest BCUT2D eigenvalue weighted by atomic mass is 35.5. The van der Waals surface area contributed by atoms with Crippen molar-refractivity contribution in [3.05, 3.63) is 52.3 Å². The molecular weight excluding hydrogens is 234 g/mol. The number of benzene rings is 1. The molecule has 0 amide bonds. The average Bonchev–Trinajstić information content (AvgIpc) is 2.72. The van der Waals surface area contributed by atoms with Gasteiger partial charge in [0.05, 0.1) is 11.7 Å². The summed E-state index contributed by atoms with van der Waals surface area (Å²) in [6, 6.07) is 8.09. The molecule has 17 heavy (non-hydrogen) atoms. The summed E-state index contributed by atoms with van der Waals surface area (Å²) in [5, 5.41) is 8.48. The fraction of sp³-hybridized carbons (Fsp3) is 0.308. The van der Waals surface area contributed by atoms with Gasteiger partial charge in [0.15, 0.2) is 0 Å². The van der Waals surface area contributed by atoms with E-state index in [1.165, 1.54) is 0 Å². The van der Waals surface area contributed by atoms with Gasteiger partial charge in [0.25, 0.3) is 0 Å². The van der Waals surface area contributed by atoms with E-state index in [0.717, 1.165) is 21.8 Å². The zero-order chi connectivity index (χ0) is 12.4. The van der Waals surface area contributed by atoms with Crippen LogP contribution in [0.3, 0.4) is 0 Å². The summed E-state index contributed by atoms with van der Waals surface area (Å²) in [5.41, 5.74) is 3.12. The van der Waals surface area contributed by atoms with Crippen molar-refractivity contribution in [1.29, 1.82) is 0 Å². The van der Waals surface area contributed by atoms with Crippen LogP contribution in [0.25, 0.3) is 0 Å². The van der Waals surface area contributed by atoms with Crippen LogP contribution in [-0.2, 0) is 7.05 Å². The molecule has 0 aliphatic heterocycles. The Bertz CT molecular complexity index is 519. The third-order valence-electron chi connectivity index (χ3n) is 2.85. The van der Waals surface area contributed by atoms with Gasteiger partial charge < -0.3 is 5.32 Å². The number of nitrogens with one attached hydrogen (secondary N) is 1. The molecule has 0 aliphatic rings. The molecule has 0 aliphatic carbocycles. The van der Waals surface area contributed by atoms with Crippen molar-refractivity contribution in [2.24, 2.45) is 7.05 Å². The summed E-state index contributed by atoms with van der Waals surface area (Å²) in [4.78, 5) is 0. The minimum atomic E-state index is 0.0311. The second-order valence-corrected chi connectivity index (χ2v) is 4.49. The predicted molar refractivity (Wildman–Crippen MR) is 70.3 cm³/mol. The van der Waals surface area contributed by atoms with Crippen molar-refractivity contribution in [1.82, 2.24) is 15.1 Å². The van der Waals surface area contributed by atoms with E-state index in [-0.39, 0.29) is 6.04 Å². The predicted octanol–water partition coefficient (Wildman–Crippen LogP) is 2.69. The minimum absolute atomic E-state index is 0.0311. The summed E-state index contributed by atoms with van der Waals surface area (Å²) in [5.74, 6) is 0. The van der Waals surface area contributed by atoms with Crippen molar-refractivity contribution in [2.75, 3.05) is 7.05 Å². The first kappa shape index (κ1) is 12.1. The molecule has 0 saturated heterocycles. The van der Waals surface area contributed by atoms with E-state index in [9.17, 15) is 0 Å². The maximum Gasteiger partial charge on any atom is 0.0839 e. The maximum absolute atomic E-state index is 6.35. The Kier molecular flexibility index (Phi) is 3.50. The number of aryl methyl sites for hydroxylation is 2. The van der Waals surface area contributed by atoms with Crippen LogP contribution in [0.5, 0.6) is 0 Å². The van der Waals surface area contributed by atoms with Crippen LogP contribution in [0.1, 0.15) is 22.9 Å². The van der Waals surface area contributed by atoms with Crippen LogP contribution in [0.2, 0.25) is 5.02 Å². The Labute approximate surface area is 106 Å². The lowest BCUT2D eigenvalue weighted by atomic mass is 10.0. The smallest absolute Gasteiger partial charge is 0.0839 e. The molecule has 2 rings (SSSR count). The minimum Gasteiger partial charge on any atom is -0.308 e. The molecule has 1 N–H and O–H groups in total. The molecule has 1 aromatic carbocycles. The van der Waals surface area contributed by atoms with Gasteiger partial charge in [-0.3, -0.25) is 4.68 Å². The van der Waals surface area contributed by atoms with Crippen LogP contribution in [0.4, 0.5) is 0 Å². The molecule has 4 heteroatoms. The van der Waals surface area contributed by atoms with E-state index in [2.05, 4.69) is 10.4 Å². The Balaban J connectivity index is 2.45. The van der Waals surface area contributed by atoms with Crippen LogP contribution in [-0.4, -0.2) is 16.8 Å². The molecule has 0 bridgehead atoms. The molecule has 1 aromatic heterocycles. The van der Waals surface area contributed by atoms with Gasteiger partial charge >= 0.3 is 0 Å². The third-order valence-corrected chi connectivity index (χ3v) is 3.37. The van der Waals surface area contributed by atoms with E-state index in [4.69, 9.17) is 11.6 Å². The third kappa shape index (κ3) is 2.35. The second-order valence-electron chi connectivity index (χ2n) is 4.11. The van der Waals surface area contributed by atoms with Crippen LogP contribution in [0, 0.1) is 6.92 Å². The molecule has 1 heterocycles. The van der Waals surface area contributed by atoms with Crippen LogP contribution >= 0.6 is 11.6 Å². The number of halogens is 1. The number of hydrogen-bond acceptors (Lipinski definition) is 2. The van der Waals surface area contributed by atoms with Crippen molar-refractivity contribution in [3.63, 3.8) is 0 Å². The molecule has 2 aromatic rings. The largest absolute Gasteiger partial charge is 0.308 e. The van der Waals surface area contributed by atoms with Gasteiger partial charge in [-0.15, -0.1) is 0 Å². The summed E-state index contributed by atoms with van der Waals surface area (Å²) in [6.45, 7) is 2.01. The summed E-state index contributed by atoms with van der Waals surface area (Å²) in [6.07, 6.45) is 1.93. The fourth-order valence-electron chi connectivity index (χ4n) is 1.94. The number of hydrogen-bond donors (Lipinski definition) is 1. The summed E-state index contributed by atoms with van der Waals surface area (Å²) >= 11 is 6.35. The van der Waals surface area contributed by atoms with E-state index in [1.54, 1.807) is 4.68 Å². The standard InChI is InChI=1S/C13H16ClN3/c1-9-5-4-6-10(12(9)14)13(15-2)11-7-8-17(3)16-11/h4-8,13,15H,1-3H3. The Morgan fingerprint density at radius 2 is 2.12 bits per heavy atom. The lowest BCUT2D eigenvalue weighted by Crippen LogP contribution is -2.19. The van der Waals surface area contributed by atoms with Crippen molar-refractivity contribution < 1.29 is 0 Å². The van der Waals surface area contributed by atoms with E-state index in [0.29, 0.717) is 0 Å². The number of rotatable bonds is 3. The first-order chi connectivity index (χ1) is 8.13. The van der Waals surface area contributed by atoms with Gasteiger partial charge in [-0.1, -0.05) is 29.8 Å². The highest BCUT2D eigenvalue weighted by molar-refractivity contribution is 6.32. The fourth-order valence-corrected chi connectivity index (χ4v) is 2.18. The van der Waals surface area contributed by atoms with Gasteiger partial charge in [0, 0.05) is 18.3 Å². The normalized spacial score (nSPS) is 12.7. The molecule has 1 unspecified atom stereocenters. The van der Waals surface area contributed by atoms with Crippen molar-refractivity contribution in [2.45, 2.75) is 13.0 Å². The van der Waals surface area contributed by atoms with Gasteiger partial charge in [0.2, 0.25) is 0 Å². The molecule has 3 nitrogen and oxygen atoms in total. The Morgan fingerprint density at radius 3 is 2.71 bits per heavy atom. The zero-order valence-corrected chi connectivity index (χ0v) is 11.0. The average molecular weight is 250 g/mol. The van der Waals surface area contributed by atoms with Gasteiger partial charge in [0.1, 0.15) is 0 Å². The number of aromatic nitrogens is 2. The van der Waals surface area contributed by atoms with Gasteiger partial charge in [-0.2, -0.15) is 5.10 Å². The second kappa shape index (κ2) is 4.90. The van der Waals surface area contributed by atoms with E-state index < -0.39 is 0 Å². The highest BCUT2D eigenvalue weighted by Crippen LogP contribution is 2.29. The van der Waals surface area contributed by atoms with Crippen molar-refractivity contribution in [3.8, 4) is 0 Å². The van der Waals surface area contributed by atoms with E-state index >= 15 is 0 Å². The topological polar surface area (TPSA) is 29.9 Å². The summed E-state index contributed by atoms with van der Waals surface area (Å²) in [7, 11) is 3.83. The molecular formula is C13H16ClN3. The van der Waals surface area contributed by atoms with Crippen LogP contribution < -0.4 is 5.32 Å². The molecule has 90 valence electrons. The Morgan fingerprint density at radius 1 is 1.35 bits per heavy atom. The maximum atomic E-state index is 6.35. The van der Waals surface area contributed by atoms with Crippen molar-refractivity contribution >= 4 is 11.6 Å². The van der Waals surface area contributed by atoms with E-state index in [1.807, 2.05) is 51.5 Å². The monoisotopic (exact) mass is 249 g/mol. The number of nitrogens with zero attached hydrogens (tertiary/aromatic N) is 2. The van der Waals surface area contributed by atoms with Gasteiger partial charge in [-0.05, 0) is 31.2 Å². The Hall–Kier alpha value is -1.32. The van der Waals surface area contributed by atoms with Crippen LogP contribution in [0.15, 0.2) is 30.5 Å². The molecule has 1 atom stereocenters. The zero-order valence-electron chi connectivity index (χ0n) is 10.2. The molecule has 0 fully saturated rings. The lowest BCUT2D eigenvalue weighted by molar-refractivity contribution is 0.642. The SMILES string of the molecule is CNC(c1ccn(C)n1)c1cccc(C)c1Cl. The molecule has 0 spiro atoms. The first-order valence-electron chi connectivity index (χ1n) is 5.55.